The smallest absolute Gasteiger partial charge is 0.310 e. The number of amides is 1. The first kappa shape index (κ1) is 11.7. The molecule has 2 saturated heterocycles. The molecule has 0 radical (unpaired) electrons. The van der Waals surface area contributed by atoms with Gasteiger partial charge in [0.05, 0.1) is 18.6 Å². The second kappa shape index (κ2) is 3.57. The number of hydrogen-bond acceptors (Lipinski definition) is 3. The molecule has 2 bridgehead atoms. The molecule has 1 amide bonds. The lowest BCUT2D eigenvalue weighted by Crippen LogP contribution is -2.40. The molecule has 2 fully saturated rings. The average molecular weight is 251 g/mol. The lowest BCUT2D eigenvalue weighted by molar-refractivity contribution is -0.148. The van der Waals surface area contributed by atoms with Gasteiger partial charge in [0.15, 0.2) is 0 Å². The van der Waals surface area contributed by atoms with Gasteiger partial charge in [-0.25, -0.2) is 0 Å². The summed E-state index contributed by atoms with van der Waals surface area (Å²) in [5, 5.41) is 9.29. The zero-order valence-corrected chi connectivity index (χ0v) is 10.5. The summed E-state index contributed by atoms with van der Waals surface area (Å²) in [5.41, 5.74) is -0.686. The molecule has 3 aliphatic rings. The third kappa shape index (κ3) is 1.25. The van der Waals surface area contributed by atoms with Gasteiger partial charge in [0.1, 0.15) is 11.5 Å². The minimum Gasteiger partial charge on any atom is -0.481 e. The van der Waals surface area contributed by atoms with Gasteiger partial charge in [-0.05, 0) is 13.3 Å². The van der Waals surface area contributed by atoms with Gasteiger partial charge in [0, 0.05) is 6.04 Å². The molecular formula is C13H17NO4. The van der Waals surface area contributed by atoms with E-state index in [-0.39, 0.29) is 11.9 Å². The van der Waals surface area contributed by atoms with Crippen LogP contribution in [0.5, 0.6) is 0 Å². The summed E-state index contributed by atoms with van der Waals surface area (Å²) in [6.07, 6.45) is 4.11. The largest absolute Gasteiger partial charge is 0.481 e. The first-order chi connectivity index (χ1) is 8.50. The summed E-state index contributed by atoms with van der Waals surface area (Å²) in [5.74, 6) is -2.27. The maximum Gasteiger partial charge on any atom is 0.310 e. The SMILES string of the molecule is CCC(C)N1CC23C=CC(O2)C(C(=O)O)C3C1=O. The van der Waals surface area contributed by atoms with Gasteiger partial charge in [-0.3, -0.25) is 9.59 Å². The van der Waals surface area contributed by atoms with Crippen LogP contribution < -0.4 is 0 Å². The van der Waals surface area contributed by atoms with E-state index in [4.69, 9.17) is 4.74 Å². The minimum atomic E-state index is -0.935. The standard InChI is InChI=1S/C13H17NO4/c1-3-7(2)14-6-13-5-4-8(18-13)9(12(16)17)10(13)11(14)15/h4-5,7-10H,3,6H2,1-2H3,(H,16,17). The van der Waals surface area contributed by atoms with Gasteiger partial charge in [0.25, 0.3) is 0 Å². The molecule has 5 unspecified atom stereocenters. The van der Waals surface area contributed by atoms with E-state index in [2.05, 4.69) is 0 Å². The molecule has 5 nitrogen and oxygen atoms in total. The maximum atomic E-state index is 12.4. The van der Waals surface area contributed by atoms with Crippen LogP contribution in [0, 0.1) is 11.8 Å². The number of rotatable bonds is 3. The van der Waals surface area contributed by atoms with E-state index in [9.17, 15) is 14.7 Å². The molecule has 0 aliphatic carbocycles. The van der Waals surface area contributed by atoms with Crippen molar-refractivity contribution in [1.82, 2.24) is 4.90 Å². The molecule has 5 heteroatoms. The number of carboxylic acid groups (broad SMARTS) is 1. The molecule has 3 rings (SSSR count). The first-order valence-electron chi connectivity index (χ1n) is 6.40. The van der Waals surface area contributed by atoms with Crippen LogP contribution in [-0.4, -0.2) is 46.2 Å². The van der Waals surface area contributed by atoms with Gasteiger partial charge in [-0.2, -0.15) is 0 Å². The number of carbonyl (C=O) groups excluding carboxylic acids is 1. The van der Waals surface area contributed by atoms with E-state index in [1.165, 1.54) is 0 Å². The summed E-state index contributed by atoms with van der Waals surface area (Å²) in [6.45, 7) is 4.50. The monoisotopic (exact) mass is 251 g/mol. The molecule has 3 heterocycles. The van der Waals surface area contributed by atoms with Gasteiger partial charge in [-0.1, -0.05) is 19.1 Å². The zero-order chi connectivity index (χ0) is 13.1. The molecule has 0 aromatic rings. The van der Waals surface area contributed by atoms with Crippen LogP contribution in [0.2, 0.25) is 0 Å². The van der Waals surface area contributed by atoms with Crippen molar-refractivity contribution < 1.29 is 19.4 Å². The molecule has 5 atom stereocenters. The lowest BCUT2D eigenvalue weighted by atomic mass is 9.77. The third-order valence-corrected chi connectivity index (χ3v) is 4.54. The highest BCUT2D eigenvalue weighted by molar-refractivity contribution is 5.90. The molecule has 0 saturated carbocycles. The summed E-state index contributed by atoms with van der Waals surface area (Å²) >= 11 is 0. The maximum absolute atomic E-state index is 12.4. The van der Waals surface area contributed by atoms with Crippen LogP contribution in [0.4, 0.5) is 0 Å². The summed E-state index contributed by atoms with van der Waals surface area (Å²) in [6, 6.07) is 0.128. The fraction of sp³-hybridized carbons (Fsp3) is 0.692. The van der Waals surface area contributed by atoms with Crippen molar-refractivity contribution in [3.05, 3.63) is 12.2 Å². The minimum absolute atomic E-state index is 0.0661. The van der Waals surface area contributed by atoms with Crippen molar-refractivity contribution in [1.29, 1.82) is 0 Å². The predicted octanol–water partition coefficient (Wildman–Crippen LogP) is 0.651. The van der Waals surface area contributed by atoms with E-state index in [0.717, 1.165) is 6.42 Å². The quantitative estimate of drug-likeness (QED) is 0.748. The van der Waals surface area contributed by atoms with E-state index < -0.39 is 29.5 Å². The van der Waals surface area contributed by atoms with Crippen molar-refractivity contribution in [2.45, 2.75) is 38.0 Å². The normalized spacial score (nSPS) is 42.4. The fourth-order valence-electron chi connectivity index (χ4n) is 3.40. The van der Waals surface area contributed by atoms with Gasteiger partial charge in [0.2, 0.25) is 5.91 Å². The third-order valence-electron chi connectivity index (χ3n) is 4.54. The summed E-state index contributed by atoms with van der Waals surface area (Å²) < 4.78 is 5.80. The van der Waals surface area contributed by atoms with Crippen LogP contribution in [0.25, 0.3) is 0 Å². The lowest BCUT2D eigenvalue weighted by Gasteiger charge is -2.26. The van der Waals surface area contributed by atoms with Crippen LogP contribution in [-0.2, 0) is 14.3 Å². The first-order valence-corrected chi connectivity index (χ1v) is 6.40. The van der Waals surface area contributed by atoms with E-state index in [0.29, 0.717) is 6.54 Å². The number of nitrogens with zero attached hydrogens (tertiary/aromatic N) is 1. The predicted molar refractivity (Wildman–Crippen MR) is 62.8 cm³/mol. The number of ether oxygens (including phenoxy) is 1. The van der Waals surface area contributed by atoms with Crippen molar-refractivity contribution in [3.63, 3.8) is 0 Å². The van der Waals surface area contributed by atoms with E-state index in [1.54, 1.807) is 11.0 Å². The Hall–Kier alpha value is -1.36. The second-order valence-corrected chi connectivity index (χ2v) is 5.46. The number of aliphatic carboxylic acids is 1. The van der Waals surface area contributed by atoms with E-state index >= 15 is 0 Å². The fourth-order valence-corrected chi connectivity index (χ4v) is 3.40. The van der Waals surface area contributed by atoms with Gasteiger partial charge >= 0.3 is 5.97 Å². The van der Waals surface area contributed by atoms with Crippen molar-refractivity contribution in [3.8, 4) is 0 Å². The Labute approximate surface area is 105 Å². The molecule has 1 spiro atoms. The molecule has 98 valence electrons. The summed E-state index contributed by atoms with van der Waals surface area (Å²) in [4.78, 5) is 25.5. The van der Waals surface area contributed by atoms with Crippen LogP contribution in [0.1, 0.15) is 20.3 Å². The highest BCUT2D eigenvalue weighted by Gasteiger charge is 2.67. The van der Waals surface area contributed by atoms with Crippen LogP contribution in [0.3, 0.4) is 0 Å². The second-order valence-electron chi connectivity index (χ2n) is 5.46. The molecule has 0 aromatic heterocycles. The number of fused-ring (bicyclic) bond motifs is 1. The van der Waals surface area contributed by atoms with Crippen molar-refractivity contribution >= 4 is 11.9 Å². The zero-order valence-electron chi connectivity index (χ0n) is 10.5. The van der Waals surface area contributed by atoms with E-state index in [1.807, 2.05) is 19.9 Å². The molecule has 0 aromatic carbocycles. The molecule has 3 aliphatic heterocycles. The topological polar surface area (TPSA) is 66.8 Å². The Bertz CT molecular complexity index is 446. The summed E-state index contributed by atoms with van der Waals surface area (Å²) in [7, 11) is 0. The number of carboxylic acids is 1. The van der Waals surface area contributed by atoms with Gasteiger partial charge < -0.3 is 14.7 Å². The highest BCUT2D eigenvalue weighted by Crippen LogP contribution is 2.52. The molecule has 1 N–H and O–H groups in total. The van der Waals surface area contributed by atoms with Crippen molar-refractivity contribution in [2.24, 2.45) is 11.8 Å². The van der Waals surface area contributed by atoms with Gasteiger partial charge in [-0.15, -0.1) is 0 Å². The number of hydrogen-bond donors (Lipinski definition) is 1. The Morgan fingerprint density at radius 1 is 1.72 bits per heavy atom. The number of likely N-dealkylation sites (tertiary alicyclic amines) is 1. The Morgan fingerprint density at radius 3 is 3.06 bits per heavy atom. The Morgan fingerprint density at radius 2 is 2.44 bits per heavy atom. The van der Waals surface area contributed by atoms with Crippen molar-refractivity contribution in [2.75, 3.05) is 6.54 Å². The Kier molecular flexibility index (Phi) is 2.32. The highest BCUT2D eigenvalue weighted by atomic mass is 16.5. The Balaban J connectivity index is 1.97. The molecular weight excluding hydrogens is 234 g/mol. The van der Waals surface area contributed by atoms with Crippen LogP contribution >= 0.6 is 0 Å². The molecule has 18 heavy (non-hydrogen) atoms. The number of carbonyl (C=O) groups is 2. The average Bonchev–Trinajstić information content (AvgIpc) is 2.96. The van der Waals surface area contributed by atoms with Crippen LogP contribution in [0.15, 0.2) is 12.2 Å².